The Labute approximate surface area is 244 Å². The highest BCUT2D eigenvalue weighted by Gasteiger charge is 2.53. The molecule has 1 amide bonds. The van der Waals surface area contributed by atoms with Crippen LogP contribution in [0.4, 0.5) is 4.79 Å². The summed E-state index contributed by atoms with van der Waals surface area (Å²) in [4.78, 5) is 13.8. The first-order valence-corrected chi connectivity index (χ1v) is 15.1. The van der Waals surface area contributed by atoms with E-state index < -0.39 is 23.0 Å². The first kappa shape index (κ1) is 28.1. The van der Waals surface area contributed by atoms with Gasteiger partial charge in [0.25, 0.3) is 0 Å². The van der Waals surface area contributed by atoms with Crippen LogP contribution in [0.15, 0.2) is 42.5 Å². The molecular formula is C35H43NO5. The van der Waals surface area contributed by atoms with Crippen molar-refractivity contribution in [2.24, 2.45) is 17.8 Å². The van der Waals surface area contributed by atoms with Crippen LogP contribution >= 0.6 is 0 Å². The molecule has 2 N–H and O–H groups in total. The van der Waals surface area contributed by atoms with Crippen molar-refractivity contribution >= 4 is 6.09 Å². The van der Waals surface area contributed by atoms with Crippen LogP contribution in [0.2, 0.25) is 0 Å². The van der Waals surface area contributed by atoms with Gasteiger partial charge in [-0.1, -0.05) is 30.0 Å². The third-order valence-electron chi connectivity index (χ3n) is 9.87. The molecule has 7 rings (SSSR count). The molecule has 1 heterocycles. The number of hydrogen-bond acceptors (Lipinski definition) is 4. The predicted molar refractivity (Wildman–Crippen MR) is 159 cm³/mol. The Balaban J connectivity index is 1.28. The molecule has 6 nitrogen and oxygen atoms in total. The Hall–Kier alpha value is -3.01. The molecule has 1 aliphatic heterocycles. The zero-order valence-electron chi connectivity index (χ0n) is 25.0. The molecule has 0 spiro atoms. The van der Waals surface area contributed by atoms with Gasteiger partial charge in [-0.15, -0.1) is 0 Å². The van der Waals surface area contributed by atoms with E-state index >= 15 is 0 Å². The summed E-state index contributed by atoms with van der Waals surface area (Å²) in [5, 5.41) is 21.1. The number of aromatic hydroxyl groups is 1. The molecule has 5 fully saturated rings. The maximum absolute atomic E-state index is 12.4. The molecule has 1 saturated heterocycles. The SMILES string of the molecule is CC1(C)OCC(C#Cc2ccc(-c3ccc(O)c(C45CC6CC(CC(C6)C4)C5)c3)cc2)(N(C(=O)O)C(C)(C)C)CO1. The number of benzene rings is 2. The van der Waals surface area contributed by atoms with E-state index in [1.807, 2.05) is 58.9 Å². The van der Waals surface area contributed by atoms with E-state index in [1.54, 1.807) is 0 Å². The average Bonchev–Trinajstić information content (AvgIpc) is 2.88. The van der Waals surface area contributed by atoms with Gasteiger partial charge in [0.05, 0.1) is 13.2 Å². The Morgan fingerprint density at radius 3 is 1.95 bits per heavy atom. The van der Waals surface area contributed by atoms with Crippen molar-refractivity contribution in [3.63, 3.8) is 0 Å². The molecule has 0 aromatic heterocycles. The summed E-state index contributed by atoms with van der Waals surface area (Å²) in [5.41, 5.74) is 2.38. The van der Waals surface area contributed by atoms with Crippen LogP contribution in [0.3, 0.4) is 0 Å². The Morgan fingerprint density at radius 1 is 0.902 bits per heavy atom. The van der Waals surface area contributed by atoms with Gasteiger partial charge in [-0.05, 0) is 132 Å². The van der Waals surface area contributed by atoms with Crippen molar-refractivity contribution in [3.8, 4) is 28.7 Å². The van der Waals surface area contributed by atoms with Crippen molar-refractivity contribution in [1.29, 1.82) is 0 Å². The van der Waals surface area contributed by atoms with Gasteiger partial charge in [-0.25, -0.2) is 4.79 Å². The number of carbonyl (C=O) groups is 1. The third-order valence-corrected chi connectivity index (χ3v) is 9.87. The predicted octanol–water partition coefficient (Wildman–Crippen LogP) is 7.18. The van der Waals surface area contributed by atoms with Gasteiger partial charge < -0.3 is 19.7 Å². The normalized spacial score (nSPS) is 29.4. The standard InChI is InChI=1S/C35H43NO5/c1-32(2,3)36(31(38)39)35(21-40-33(4,5)41-22-35)13-12-23-6-8-27(9-7-23)28-10-11-30(37)29(17-28)34-18-24-14-25(19-34)16-26(15-24)20-34/h6-11,17,24-26,37H,14-16,18-22H2,1-5H3,(H,38,39). The summed E-state index contributed by atoms with van der Waals surface area (Å²) in [7, 11) is 0. The molecule has 0 unspecified atom stereocenters. The van der Waals surface area contributed by atoms with Gasteiger partial charge >= 0.3 is 6.09 Å². The van der Waals surface area contributed by atoms with Crippen molar-refractivity contribution < 1.29 is 24.5 Å². The number of ether oxygens (including phenoxy) is 2. The third kappa shape index (κ3) is 5.24. The lowest BCUT2D eigenvalue weighted by Gasteiger charge is -2.57. The maximum atomic E-state index is 12.4. The minimum atomic E-state index is -1.14. The second-order valence-corrected chi connectivity index (χ2v) is 14.6. The van der Waals surface area contributed by atoms with Gasteiger partial charge in [0.2, 0.25) is 0 Å². The second-order valence-electron chi connectivity index (χ2n) is 14.6. The minimum absolute atomic E-state index is 0.120. The van der Waals surface area contributed by atoms with Crippen LogP contribution < -0.4 is 0 Å². The Kier molecular flexibility index (Phi) is 6.71. The highest BCUT2D eigenvalue weighted by Crippen LogP contribution is 2.62. The van der Waals surface area contributed by atoms with Gasteiger partial charge in [0.1, 0.15) is 5.75 Å². The average molecular weight is 558 g/mol. The van der Waals surface area contributed by atoms with Gasteiger partial charge in [0, 0.05) is 16.7 Å². The van der Waals surface area contributed by atoms with Crippen molar-refractivity contribution in [1.82, 2.24) is 4.90 Å². The van der Waals surface area contributed by atoms with E-state index in [1.165, 1.54) is 43.4 Å². The fraction of sp³-hybridized carbons (Fsp3) is 0.571. The molecular weight excluding hydrogens is 514 g/mol. The second kappa shape index (κ2) is 9.78. The number of amides is 1. The lowest BCUT2D eigenvalue weighted by molar-refractivity contribution is -0.278. The first-order valence-electron chi connectivity index (χ1n) is 15.1. The van der Waals surface area contributed by atoms with Gasteiger partial charge in [0.15, 0.2) is 11.3 Å². The molecule has 4 bridgehead atoms. The first-order chi connectivity index (χ1) is 19.3. The van der Waals surface area contributed by atoms with Crippen LogP contribution in [0, 0.1) is 29.6 Å². The summed E-state index contributed by atoms with van der Waals surface area (Å²) < 4.78 is 11.9. The molecule has 2 aromatic carbocycles. The smallest absolute Gasteiger partial charge is 0.409 e. The molecule has 2 aromatic rings. The van der Waals surface area contributed by atoms with Gasteiger partial charge in [-0.2, -0.15) is 0 Å². The molecule has 0 atom stereocenters. The number of carboxylic acid groups (broad SMARTS) is 1. The molecule has 41 heavy (non-hydrogen) atoms. The minimum Gasteiger partial charge on any atom is -0.508 e. The number of phenolic OH excluding ortho intramolecular Hbond substituents is 1. The largest absolute Gasteiger partial charge is 0.508 e. The molecule has 4 saturated carbocycles. The van der Waals surface area contributed by atoms with Crippen molar-refractivity contribution in [3.05, 3.63) is 53.6 Å². The summed E-state index contributed by atoms with van der Waals surface area (Å²) in [6.45, 7) is 9.45. The molecule has 218 valence electrons. The molecule has 0 radical (unpaired) electrons. The van der Waals surface area contributed by atoms with E-state index in [0.29, 0.717) is 5.75 Å². The summed E-state index contributed by atoms with van der Waals surface area (Å²) >= 11 is 0. The van der Waals surface area contributed by atoms with Crippen molar-refractivity contribution in [2.75, 3.05) is 13.2 Å². The number of hydrogen-bond donors (Lipinski definition) is 2. The van der Waals surface area contributed by atoms with E-state index in [4.69, 9.17) is 9.47 Å². The van der Waals surface area contributed by atoms with Crippen LogP contribution in [0.25, 0.3) is 11.1 Å². The lowest BCUT2D eigenvalue weighted by atomic mass is 9.48. The quantitative estimate of drug-likeness (QED) is 0.391. The number of phenols is 1. The van der Waals surface area contributed by atoms with Crippen molar-refractivity contribution in [2.45, 2.75) is 95.4 Å². The maximum Gasteiger partial charge on any atom is 0.409 e. The Bertz CT molecular complexity index is 1350. The zero-order valence-corrected chi connectivity index (χ0v) is 25.0. The highest BCUT2D eigenvalue weighted by atomic mass is 16.7. The molecule has 5 aliphatic rings. The van der Waals surface area contributed by atoms with Crippen LogP contribution in [0.5, 0.6) is 5.75 Å². The summed E-state index contributed by atoms with van der Waals surface area (Å²) in [5.74, 6) is 8.54. The monoisotopic (exact) mass is 557 g/mol. The van der Waals surface area contributed by atoms with Crippen LogP contribution in [-0.4, -0.2) is 51.3 Å². The number of rotatable bonds is 3. The lowest BCUT2D eigenvalue weighted by Crippen LogP contribution is -2.66. The van der Waals surface area contributed by atoms with E-state index in [2.05, 4.69) is 30.0 Å². The zero-order chi connectivity index (χ0) is 29.2. The fourth-order valence-electron chi connectivity index (χ4n) is 8.55. The highest BCUT2D eigenvalue weighted by molar-refractivity contribution is 5.69. The van der Waals surface area contributed by atoms with E-state index in [9.17, 15) is 15.0 Å². The summed E-state index contributed by atoms with van der Waals surface area (Å²) in [6.07, 6.45) is 6.69. The molecule has 6 heteroatoms. The van der Waals surface area contributed by atoms with E-state index in [0.717, 1.165) is 40.0 Å². The fourth-order valence-corrected chi connectivity index (χ4v) is 8.55. The summed E-state index contributed by atoms with van der Waals surface area (Å²) in [6, 6.07) is 14.2. The Morgan fingerprint density at radius 2 is 1.44 bits per heavy atom. The van der Waals surface area contributed by atoms with Gasteiger partial charge in [-0.3, -0.25) is 4.90 Å². The molecule has 4 aliphatic carbocycles. The van der Waals surface area contributed by atoms with E-state index in [-0.39, 0.29) is 18.6 Å². The van der Waals surface area contributed by atoms with Crippen LogP contribution in [0.1, 0.15) is 84.3 Å². The number of nitrogens with zero attached hydrogens (tertiary/aromatic N) is 1. The van der Waals surface area contributed by atoms with Crippen LogP contribution in [-0.2, 0) is 14.9 Å². The topological polar surface area (TPSA) is 79.2 Å².